The fraction of sp³-hybridized carbons (Fsp3) is 0.524. The van der Waals surface area contributed by atoms with Crippen molar-refractivity contribution in [3.63, 3.8) is 0 Å². The Bertz CT molecular complexity index is 928. The summed E-state index contributed by atoms with van der Waals surface area (Å²) < 4.78 is 32.4. The Morgan fingerprint density at radius 1 is 1.13 bits per heavy atom. The highest BCUT2D eigenvalue weighted by Crippen LogP contribution is 2.35. The van der Waals surface area contributed by atoms with Crippen LogP contribution in [0.3, 0.4) is 0 Å². The largest absolute Gasteiger partial charge is 0.482 e. The molecule has 0 saturated heterocycles. The van der Waals surface area contributed by atoms with Gasteiger partial charge in [0.1, 0.15) is 10.8 Å². The van der Waals surface area contributed by atoms with Crippen LogP contribution in [-0.2, 0) is 14.8 Å². The van der Waals surface area contributed by atoms with Gasteiger partial charge in [-0.3, -0.25) is 9.59 Å². The molecule has 0 unspecified atom stereocenters. The molecule has 0 spiro atoms. The van der Waals surface area contributed by atoms with Gasteiger partial charge in [0.2, 0.25) is 10.0 Å². The Labute approximate surface area is 193 Å². The Kier molecular flexibility index (Phi) is 9.81. The minimum atomic E-state index is -3.36. The van der Waals surface area contributed by atoms with E-state index in [4.69, 9.17) is 27.9 Å². The van der Waals surface area contributed by atoms with Crippen molar-refractivity contribution in [2.45, 2.75) is 50.7 Å². The Morgan fingerprint density at radius 2 is 1.81 bits per heavy atom. The van der Waals surface area contributed by atoms with E-state index in [9.17, 15) is 18.0 Å². The molecule has 1 amide bonds. The molecule has 1 fully saturated rings. The van der Waals surface area contributed by atoms with E-state index in [1.807, 2.05) is 6.92 Å². The second kappa shape index (κ2) is 11.9. The van der Waals surface area contributed by atoms with Crippen molar-refractivity contribution in [1.29, 1.82) is 0 Å². The number of carbonyl (C=O) groups is 2. The lowest BCUT2D eigenvalue weighted by Gasteiger charge is -2.22. The van der Waals surface area contributed by atoms with Gasteiger partial charge >= 0.3 is 0 Å². The number of nitrogens with one attached hydrogen (secondary N) is 2. The molecule has 0 bridgehead atoms. The van der Waals surface area contributed by atoms with Crippen LogP contribution in [0.1, 0.15) is 55.8 Å². The summed E-state index contributed by atoms with van der Waals surface area (Å²) in [6, 6.07) is 2.95. The van der Waals surface area contributed by atoms with Crippen molar-refractivity contribution in [3.8, 4) is 5.75 Å². The average Bonchev–Trinajstić information content (AvgIpc) is 2.77. The molecular formula is C21H28Cl2N2O5S. The second-order valence-corrected chi connectivity index (χ2v) is 10.2. The third kappa shape index (κ3) is 7.20. The number of benzene rings is 1. The molecular weight excluding hydrogens is 463 g/mol. The lowest BCUT2D eigenvalue weighted by Crippen LogP contribution is -2.41. The first-order valence-corrected chi connectivity index (χ1v) is 12.6. The molecule has 0 aliphatic heterocycles. The minimum Gasteiger partial charge on any atom is -0.482 e. The average molecular weight is 491 g/mol. The summed E-state index contributed by atoms with van der Waals surface area (Å²) in [5.74, 6) is -0.573. The molecule has 2 N–H and O–H groups in total. The Morgan fingerprint density at radius 3 is 2.45 bits per heavy atom. The normalized spacial score (nSPS) is 14.8. The van der Waals surface area contributed by atoms with Crippen molar-refractivity contribution in [3.05, 3.63) is 39.9 Å². The van der Waals surface area contributed by atoms with Crippen LogP contribution in [0, 0.1) is 0 Å². The van der Waals surface area contributed by atoms with E-state index in [-0.39, 0.29) is 52.1 Å². The summed E-state index contributed by atoms with van der Waals surface area (Å²) in [4.78, 5) is 24.2. The third-order valence-corrected chi connectivity index (χ3v) is 7.96. The van der Waals surface area contributed by atoms with E-state index in [0.717, 1.165) is 19.3 Å². The number of ketones is 1. The molecule has 1 aromatic rings. The number of amides is 1. The highest BCUT2D eigenvalue weighted by molar-refractivity contribution is 7.90. The topological polar surface area (TPSA) is 102 Å². The highest BCUT2D eigenvalue weighted by Gasteiger charge is 2.26. The van der Waals surface area contributed by atoms with Crippen molar-refractivity contribution < 1.29 is 22.7 Å². The van der Waals surface area contributed by atoms with Crippen LogP contribution in [0.15, 0.2) is 24.3 Å². The van der Waals surface area contributed by atoms with E-state index in [0.29, 0.717) is 24.8 Å². The smallest absolute Gasteiger partial charge is 0.257 e. The predicted molar refractivity (Wildman–Crippen MR) is 123 cm³/mol. The molecule has 2 rings (SSSR count). The maximum Gasteiger partial charge on any atom is 0.257 e. The molecule has 0 radical (unpaired) electrons. The fourth-order valence-corrected chi connectivity index (χ4v) is 5.29. The lowest BCUT2D eigenvalue weighted by atomic mass is 10.0. The van der Waals surface area contributed by atoms with Gasteiger partial charge in [0, 0.05) is 18.7 Å². The lowest BCUT2D eigenvalue weighted by molar-refractivity contribution is -0.123. The van der Waals surface area contributed by atoms with E-state index < -0.39 is 15.9 Å². The molecule has 31 heavy (non-hydrogen) atoms. The first-order chi connectivity index (χ1) is 14.7. The first kappa shape index (κ1) is 25.6. The van der Waals surface area contributed by atoms with Crippen LogP contribution in [-0.4, -0.2) is 45.1 Å². The SMILES string of the molecule is C=C(CC)C(=O)c1ccc(OCC(=O)NCCNS(=O)(=O)C2CCCCC2)c(Cl)c1Cl. The molecule has 0 aromatic heterocycles. The second-order valence-electron chi connectivity index (χ2n) is 7.36. The number of rotatable bonds is 11. The van der Waals surface area contributed by atoms with Gasteiger partial charge in [0.05, 0.1) is 10.3 Å². The van der Waals surface area contributed by atoms with Crippen molar-refractivity contribution in [2.75, 3.05) is 19.7 Å². The summed E-state index contributed by atoms with van der Waals surface area (Å²) >= 11 is 12.4. The third-order valence-electron chi connectivity index (χ3n) is 5.14. The zero-order valence-electron chi connectivity index (χ0n) is 17.5. The van der Waals surface area contributed by atoms with E-state index in [1.165, 1.54) is 12.1 Å². The Hall–Kier alpha value is -1.61. The van der Waals surface area contributed by atoms with Gasteiger partial charge in [-0.15, -0.1) is 0 Å². The van der Waals surface area contributed by atoms with Crippen LogP contribution in [0.4, 0.5) is 0 Å². The molecule has 1 aliphatic rings. The summed E-state index contributed by atoms with van der Waals surface area (Å²) in [6.07, 6.45) is 4.77. The molecule has 0 atom stereocenters. The molecule has 1 aromatic carbocycles. The number of carbonyl (C=O) groups excluding carboxylic acids is 2. The fourth-order valence-electron chi connectivity index (χ4n) is 3.25. The zero-order chi connectivity index (χ0) is 23.0. The monoisotopic (exact) mass is 490 g/mol. The van der Waals surface area contributed by atoms with Gasteiger partial charge in [0.15, 0.2) is 12.4 Å². The maximum absolute atomic E-state index is 12.2. The maximum atomic E-state index is 12.2. The van der Waals surface area contributed by atoms with E-state index in [1.54, 1.807) is 0 Å². The van der Waals surface area contributed by atoms with E-state index in [2.05, 4.69) is 16.6 Å². The van der Waals surface area contributed by atoms with Crippen molar-refractivity contribution in [2.24, 2.45) is 0 Å². The van der Waals surface area contributed by atoms with Crippen LogP contribution in [0.5, 0.6) is 5.75 Å². The number of allylic oxidation sites excluding steroid dienone is 1. The van der Waals surface area contributed by atoms with Crippen molar-refractivity contribution in [1.82, 2.24) is 10.0 Å². The van der Waals surface area contributed by atoms with Crippen LogP contribution < -0.4 is 14.8 Å². The molecule has 10 heteroatoms. The van der Waals surface area contributed by atoms with Gasteiger partial charge in [-0.25, -0.2) is 13.1 Å². The Balaban J connectivity index is 1.80. The summed E-state index contributed by atoms with van der Waals surface area (Å²) in [7, 11) is -3.36. The van der Waals surface area contributed by atoms with Crippen LogP contribution >= 0.6 is 23.2 Å². The van der Waals surface area contributed by atoms with Gasteiger partial charge < -0.3 is 10.1 Å². The number of sulfonamides is 1. The highest BCUT2D eigenvalue weighted by atomic mass is 35.5. The predicted octanol–water partition coefficient (Wildman–Crippen LogP) is 3.89. The zero-order valence-corrected chi connectivity index (χ0v) is 19.8. The van der Waals surface area contributed by atoms with Crippen LogP contribution in [0.25, 0.3) is 0 Å². The van der Waals surface area contributed by atoms with Gasteiger partial charge in [-0.05, 0) is 37.0 Å². The van der Waals surface area contributed by atoms with Gasteiger partial charge in [-0.1, -0.05) is 56.0 Å². The standard InChI is InChI=1S/C21H28Cl2N2O5S/c1-3-14(2)21(27)16-9-10-17(20(23)19(16)22)30-13-18(26)24-11-12-25-31(28,29)15-7-5-4-6-8-15/h9-10,15,25H,2-8,11-13H2,1H3,(H,24,26). The molecule has 172 valence electrons. The number of ether oxygens (including phenoxy) is 1. The number of halogens is 2. The molecule has 1 aliphatic carbocycles. The summed E-state index contributed by atoms with van der Waals surface area (Å²) in [5.41, 5.74) is 0.630. The summed E-state index contributed by atoms with van der Waals surface area (Å²) in [6.45, 7) is 5.42. The van der Waals surface area contributed by atoms with Crippen molar-refractivity contribution >= 4 is 44.9 Å². The number of hydrogen-bond donors (Lipinski definition) is 2. The van der Waals surface area contributed by atoms with E-state index >= 15 is 0 Å². The van der Waals surface area contributed by atoms with Gasteiger partial charge in [-0.2, -0.15) is 0 Å². The molecule has 7 nitrogen and oxygen atoms in total. The van der Waals surface area contributed by atoms with Gasteiger partial charge in [0.25, 0.3) is 5.91 Å². The minimum absolute atomic E-state index is 0.0319. The molecule has 1 saturated carbocycles. The first-order valence-electron chi connectivity index (χ1n) is 10.3. The number of hydrogen-bond acceptors (Lipinski definition) is 5. The molecule has 0 heterocycles. The number of Topliss-reactive ketones (excluding diaryl/α,β-unsaturated/α-hetero) is 1. The quantitative estimate of drug-likeness (QED) is 0.278. The van der Waals surface area contributed by atoms with Crippen LogP contribution in [0.2, 0.25) is 10.0 Å². The summed E-state index contributed by atoms with van der Waals surface area (Å²) in [5, 5.41) is 2.30.